The van der Waals surface area contributed by atoms with Gasteiger partial charge in [-0.05, 0) is 6.07 Å². The Kier molecular flexibility index (Phi) is 3.83. The molecule has 0 aliphatic carbocycles. The molecule has 8 nitrogen and oxygen atoms in total. The summed E-state index contributed by atoms with van der Waals surface area (Å²) in [6.07, 6.45) is -0.353. The Morgan fingerprint density at radius 2 is 2.30 bits per heavy atom. The third-order valence-corrected chi connectivity index (χ3v) is 3.07. The quantitative estimate of drug-likeness (QED) is 0.608. The number of aliphatic carboxylic acids is 1. The number of rotatable bonds is 4. The van der Waals surface area contributed by atoms with Gasteiger partial charge < -0.3 is 15.3 Å². The molecule has 8 heteroatoms. The molecule has 1 aromatic rings. The van der Waals surface area contributed by atoms with Crippen LogP contribution in [0.4, 0.5) is 11.4 Å². The van der Waals surface area contributed by atoms with E-state index in [9.17, 15) is 19.7 Å². The lowest BCUT2D eigenvalue weighted by Gasteiger charge is -2.35. The third kappa shape index (κ3) is 2.85. The molecule has 1 aromatic carbocycles. The van der Waals surface area contributed by atoms with Crippen LogP contribution < -0.4 is 10.2 Å². The molecule has 0 bridgehead atoms. The number of hydrogen-bond donors (Lipinski definition) is 2. The molecule has 1 unspecified atom stereocenters. The zero-order valence-electron chi connectivity index (χ0n) is 10.5. The van der Waals surface area contributed by atoms with E-state index in [1.807, 2.05) is 0 Å². The van der Waals surface area contributed by atoms with E-state index in [-0.39, 0.29) is 18.0 Å². The van der Waals surface area contributed by atoms with E-state index < -0.39 is 16.9 Å². The number of carboxylic acid groups (broad SMARTS) is 1. The maximum Gasteiger partial charge on any atom is 0.305 e. The van der Waals surface area contributed by atoms with Gasteiger partial charge in [0.2, 0.25) is 5.91 Å². The fraction of sp³-hybridized carbons (Fsp3) is 0.333. The first kappa shape index (κ1) is 13.8. The SMILES string of the molecule is O=C(O)CC1C(=O)NCCN1c1cccc([N+](=O)[O-])c1. The molecule has 2 N–H and O–H groups in total. The number of anilines is 1. The first-order chi connectivity index (χ1) is 9.49. The summed E-state index contributed by atoms with van der Waals surface area (Å²) in [5, 5.41) is 22.2. The average molecular weight is 279 g/mol. The number of carbonyl (C=O) groups is 2. The highest BCUT2D eigenvalue weighted by atomic mass is 16.6. The second kappa shape index (κ2) is 5.55. The van der Waals surface area contributed by atoms with Crippen molar-refractivity contribution in [1.82, 2.24) is 5.32 Å². The van der Waals surface area contributed by atoms with Gasteiger partial charge in [0.25, 0.3) is 5.69 Å². The van der Waals surface area contributed by atoms with Gasteiger partial charge >= 0.3 is 5.97 Å². The molecule has 0 radical (unpaired) electrons. The Morgan fingerprint density at radius 3 is 2.95 bits per heavy atom. The van der Waals surface area contributed by atoms with Crippen LogP contribution >= 0.6 is 0 Å². The number of nitro groups is 1. The third-order valence-electron chi connectivity index (χ3n) is 3.07. The number of amides is 1. The molecular formula is C12H13N3O5. The number of benzene rings is 1. The van der Waals surface area contributed by atoms with Crippen LogP contribution in [0.5, 0.6) is 0 Å². The van der Waals surface area contributed by atoms with Gasteiger partial charge in [0.15, 0.2) is 0 Å². The average Bonchev–Trinajstić information content (AvgIpc) is 2.41. The summed E-state index contributed by atoms with van der Waals surface area (Å²) in [5.74, 6) is -1.48. The Hall–Kier alpha value is -2.64. The highest BCUT2D eigenvalue weighted by Gasteiger charge is 2.32. The van der Waals surface area contributed by atoms with Crippen molar-refractivity contribution in [3.63, 3.8) is 0 Å². The highest BCUT2D eigenvalue weighted by Crippen LogP contribution is 2.24. The monoisotopic (exact) mass is 279 g/mol. The van der Waals surface area contributed by atoms with Crippen LogP contribution in [-0.2, 0) is 9.59 Å². The number of non-ortho nitro benzene ring substituents is 1. The molecule has 1 aliphatic heterocycles. The molecule has 1 aliphatic rings. The Bertz CT molecular complexity index is 560. The van der Waals surface area contributed by atoms with E-state index in [1.54, 1.807) is 11.0 Å². The van der Waals surface area contributed by atoms with Crippen LogP contribution in [-0.4, -0.2) is 41.0 Å². The van der Waals surface area contributed by atoms with E-state index in [1.165, 1.54) is 18.2 Å². The fourth-order valence-corrected chi connectivity index (χ4v) is 2.18. The Labute approximate surface area is 114 Å². The lowest BCUT2D eigenvalue weighted by Crippen LogP contribution is -2.56. The van der Waals surface area contributed by atoms with Crippen molar-refractivity contribution in [2.45, 2.75) is 12.5 Å². The van der Waals surface area contributed by atoms with Crippen molar-refractivity contribution in [1.29, 1.82) is 0 Å². The van der Waals surface area contributed by atoms with E-state index in [0.29, 0.717) is 18.8 Å². The van der Waals surface area contributed by atoms with Crippen LogP contribution in [0, 0.1) is 10.1 Å². The summed E-state index contributed by atoms with van der Waals surface area (Å²) in [4.78, 5) is 34.5. The van der Waals surface area contributed by atoms with Gasteiger partial charge in [-0.15, -0.1) is 0 Å². The van der Waals surface area contributed by atoms with Crippen molar-refractivity contribution < 1.29 is 19.6 Å². The summed E-state index contributed by atoms with van der Waals surface area (Å²) in [7, 11) is 0. The van der Waals surface area contributed by atoms with Gasteiger partial charge in [0.1, 0.15) is 6.04 Å². The second-order valence-electron chi connectivity index (χ2n) is 4.38. The first-order valence-electron chi connectivity index (χ1n) is 5.99. The van der Waals surface area contributed by atoms with Crippen molar-refractivity contribution in [3.05, 3.63) is 34.4 Å². The Morgan fingerprint density at radius 1 is 1.55 bits per heavy atom. The van der Waals surface area contributed by atoms with Crippen molar-refractivity contribution in [2.24, 2.45) is 0 Å². The minimum absolute atomic E-state index is 0.0949. The summed E-state index contributed by atoms with van der Waals surface area (Å²) >= 11 is 0. The van der Waals surface area contributed by atoms with Crippen LogP contribution in [0.3, 0.4) is 0 Å². The number of nitro benzene ring substituents is 1. The zero-order valence-corrected chi connectivity index (χ0v) is 10.5. The molecule has 0 saturated carbocycles. The number of hydrogen-bond acceptors (Lipinski definition) is 5. The smallest absolute Gasteiger partial charge is 0.305 e. The van der Waals surface area contributed by atoms with Gasteiger partial charge in [-0.25, -0.2) is 0 Å². The molecule has 1 heterocycles. The fourth-order valence-electron chi connectivity index (χ4n) is 2.18. The molecule has 20 heavy (non-hydrogen) atoms. The number of piperazine rings is 1. The minimum Gasteiger partial charge on any atom is -0.481 e. The standard InChI is InChI=1S/C12H13N3O5/c16-11(17)7-10-12(18)13-4-5-14(10)8-2-1-3-9(6-8)15(19)20/h1-3,6,10H,4-5,7H2,(H,13,18)(H,16,17). The summed E-state index contributed by atoms with van der Waals surface area (Å²) in [5.41, 5.74) is 0.378. The normalized spacial score (nSPS) is 18.5. The lowest BCUT2D eigenvalue weighted by atomic mass is 10.1. The molecule has 1 amide bonds. The summed E-state index contributed by atoms with van der Waals surface area (Å²) in [6.45, 7) is 0.780. The van der Waals surface area contributed by atoms with E-state index in [4.69, 9.17) is 5.11 Å². The Balaban J connectivity index is 2.32. The maximum absolute atomic E-state index is 11.8. The number of nitrogens with zero attached hydrogens (tertiary/aromatic N) is 2. The van der Waals surface area contributed by atoms with Gasteiger partial charge in [0, 0.05) is 30.9 Å². The topological polar surface area (TPSA) is 113 Å². The maximum atomic E-state index is 11.8. The summed E-state index contributed by atoms with van der Waals surface area (Å²) < 4.78 is 0. The van der Waals surface area contributed by atoms with Gasteiger partial charge in [-0.2, -0.15) is 0 Å². The van der Waals surface area contributed by atoms with Crippen molar-refractivity contribution in [3.8, 4) is 0 Å². The van der Waals surface area contributed by atoms with Crippen LogP contribution in [0.1, 0.15) is 6.42 Å². The highest BCUT2D eigenvalue weighted by molar-refractivity contribution is 5.90. The van der Waals surface area contributed by atoms with E-state index in [0.717, 1.165) is 0 Å². The first-order valence-corrected chi connectivity index (χ1v) is 5.99. The van der Waals surface area contributed by atoms with Gasteiger partial charge in [-0.3, -0.25) is 19.7 Å². The second-order valence-corrected chi connectivity index (χ2v) is 4.38. The van der Waals surface area contributed by atoms with Crippen molar-refractivity contribution >= 4 is 23.3 Å². The van der Waals surface area contributed by atoms with Gasteiger partial charge in [-0.1, -0.05) is 6.07 Å². The minimum atomic E-state index is -1.09. The molecule has 1 fully saturated rings. The molecule has 1 saturated heterocycles. The van der Waals surface area contributed by atoms with Crippen LogP contribution in [0.2, 0.25) is 0 Å². The van der Waals surface area contributed by atoms with Crippen LogP contribution in [0.25, 0.3) is 0 Å². The summed E-state index contributed by atoms with van der Waals surface area (Å²) in [6, 6.07) is 4.97. The number of carboxylic acids is 1. The molecule has 106 valence electrons. The van der Waals surface area contributed by atoms with Crippen molar-refractivity contribution in [2.75, 3.05) is 18.0 Å². The largest absolute Gasteiger partial charge is 0.481 e. The number of nitrogens with one attached hydrogen (secondary N) is 1. The van der Waals surface area contributed by atoms with Crippen LogP contribution in [0.15, 0.2) is 24.3 Å². The number of carbonyl (C=O) groups excluding carboxylic acids is 1. The van der Waals surface area contributed by atoms with Gasteiger partial charge in [0.05, 0.1) is 11.3 Å². The predicted octanol–water partition coefficient (Wildman–Crippen LogP) is 0.374. The lowest BCUT2D eigenvalue weighted by molar-refractivity contribution is -0.384. The van der Waals surface area contributed by atoms with E-state index in [2.05, 4.69) is 5.32 Å². The molecular weight excluding hydrogens is 266 g/mol. The molecule has 0 spiro atoms. The molecule has 0 aromatic heterocycles. The molecule has 1 atom stereocenters. The zero-order chi connectivity index (χ0) is 14.7. The predicted molar refractivity (Wildman–Crippen MR) is 69.5 cm³/mol. The molecule has 2 rings (SSSR count). The van der Waals surface area contributed by atoms with E-state index >= 15 is 0 Å².